The van der Waals surface area contributed by atoms with Crippen molar-refractivity contribution in [2.75, 3.05) is 24.7 Å². The molecule has 3 heterocycles. The van der Waals surface area contributed by atoms with Crippen molar-refractivity contribution in [1.82, 2.24) is 20.6 Å². The molecule has 1 saturated heterocycles. The monoisotopic (exact) mass is 417 g/mol. The molecule has 0 saturated carbocycles. The maximum Gasteiger partial charge on any atom is 0.251 e. The number of rotatable bonds is 5. The summed E-state index contributed by atoms with van der Waals surface area (Å²) in [5.74, 6) is 0.362. The van der Waals surface area contributed by atoms with E-state index in [2.05, 4.69) is 25.9 Å². The molecular formula is C18H19N5O3S2. The summed E-state index contributed by atoms with van der Waals surface area (Å²) >= 11 is 1.33. The molecule has 146 valence electrons. The van der Waals surface area contributed by atoms with E-state index in [0.717, 1.165) is 24.2 Å². The average molecular weight is 418 g/mol. The van der Waals surface area contributed by atoms with Crippen molar-refractivity contribution >= 4 is 48.2 Å². The molecule has 1 atom stereocenters. The lowest BCUT2D eigenvalue weighted by atomic mass is 10.2. The fourth-order valence-electron chi connectivity index (χ4n) is 2.99. The van der Waals surface area contributed by atoms with Crippen molar-refractivity contribution in [3.63, 3.8) is 0 Å². The average Bonchev–Trinajstić information content (AvgIpc) is 3.29. The second-order valence-corrected chi connectivity index (χ2v) is 9.69. The first kappa shape index (κ1) is 18.8. The summed E-state index contributed by atoms with van der Waals surface area (Å²) in [6.45, 7) is 1.69. The van der Waals surface area contributed by atoms with E-state index in [4.69, 9.17) is 0 Å². The van der Waals surface area contributed by atoms with Crippen molar-refractivity contribution in [3.8, 4) is 0 Å². The molecule has 4 rings (SSSR count). The summed E-state index contributed by atoms with van der Waals surface area (Å²) in [4.78, 5) is 21.4. The van der Waals surface area contributed by atoms with Crippen LogP contribution in [0, 0.1) is 0 Å². The first-order valence-electron chi connectivity index (χ1n) is 8.74. The number of carbonyl (C=O) groups excluding carboxylic acids is 1. The van der Waals surface area contributed by atoms with E-state index in [1.165, 1.54) is 17.6 Å². The first-order chi connectivity index (χ1) is 13.4. The van der Waals surface area contributed by atoms with Gasteiger partial charge in [-0.1, -0.05) is 11.3 Å². The van der Waals surface area contributed by atoms with E-state index in [1.807, 2.05) is 0 Å². The van der Waals surface area contributed by atoms with Gasteiger partial charge in [0.1, 0.15) is 5.82 Å². The van der Waals surface area contributed by atoms with Crippen molar-refractivity contribution in [2.45, 2.75) is 17.4 Å². The van der Waals surface area contributed by atoms with Gasteiger partial charge in [0.2, 0.25) is 0 Å². The van der Waals surface area contributed by atoms with Crippen LogP contribution < -0.4 is 16.0 Å². The zero-order chi connectivity index (χ0) is 19.7. The van der Waals surface area contributed by atoms with Gasteiger partial charge in [-0.2, -0.15) is 0 Å². The van der Waals surface area contributed by atoms with Gasteiger partial charge in [0.05, 0.1) is 15.1 Å². The Bertz CT molecular complexity index is 1140. The van der Waals surface area contributed by atoms with Gasteiger partial charge in [-0.05, 0) is 43.3 Å². The molecule has 1 aliphatic heterocycles. The van der Waals surface area contributed by atoms with Crippen LogP contribution in [-0.4, -0.2) is 49.7 Å². The maximum absolute atomic E-state index is 12.4. The third-order valence-electron chi connectivity index (χ3n) is 4.44. The van der Waals surface area contributed by atoms with Gasteiger partial charge in [0, 0.05) is 30.6 Å². The summed E-state index contributed by atoms with van der Waals surface area (Å²) in [5.41, 5.74) is 1.22. The number of aromatic nitrogens is 2. The second-order valence-electron chi connectivity index (χ2n) is 6.64. The van der Waals surface area contributed by atoms with E-state index in [9.17, 15) is 13.2 Å². The lowest BCUT2D eigenvalue weighted by Gasteiger charge is -2.11. The van der Waals surface area contributed by atoms with E-state index < -0.39 is 9.84 Å². The van der Waals surface area contributed by atoms with Crippen molar-refractivity contribution in [2.24, 2.45) is 0 Å². The Morgan fingerprint density at radius 3 is 2.89 bits per heavy atom. The Hall–Kier alpha value is -2.56. The Morgan fingerprint density at radius 1 is 1.29 bits per heavy atom. The highest BCUT2D eigenvalue weighted by molar-refractivity contribution is 7.90. The van der Waals surface area contributed by atoms with Crippen LogP contribution >= 0.6 is 11.3 Å². The molecule has 28 heavy (non-hydrogen) atoms. The maximum atomic E-state index is 12.4. The summed E-state index contributed by atoms with van der Waals surface area (Å²) < 4.78 is 24.2. The van der Waals surface area contributed by atoms with Crippen LogP contribution in [0.1, 0.15) is 16.8 Å². The number of anilines is 2. The molecule has 3 N–H and O–H groups in total. The Balaban J connectivity index is 1.53. The highest BCUT2D eigenvalue weighted by Crippen LogP contribution is 2.29. The topological polar surface area (TPSA) is 113 Å². The Kier molecular flexibility index (Phi) is 5.00. The van der Waals surface area contributed by atoms with Gasteiger partial charge in [-0.3, -0.25) is 4.79 Å². The number of benzene rings is 1. The predicted molar refractivity (Wildman–Crippen MR) is 109 cm³/mol. The lowest BCUT2D eigenvalue weighted by molar-refractivity contribution is 0.0940. The van der Waals surface area contributed by atoms with Crippen molar-refractivity contribution in [1.29, 1.82) is 0 Å². The largest absolute Gasteiger partial charge is 0.348 e. The molecule has 0 bridgehead atoms. The van der Waals surface area contributed by atoms with E-state index in [1.54, 1.807) is 36.5 Å². The number of sulfone groups is 1. The minimum Gasteiger partial charge on any atom is -0.348 e. The molecule has 1 amide bonds. The van der Waals surface area contributed by atoms with Gasteiger partial charge in [-0.15, -0.1) is 0 Å². The summed E-state index contributed by atoms with van der Waals surface area (Å²) in [6.07, 6.45) is 3.67. The van der Waals surface area contributed by atoms with Gasteiger partial charge in [-0.25, -0.2) is 18.4 Å². The molecular weight excluding hydrogens is 398 g/mol. The lowest BCUT2D eigenvalue weighted by Crippen LogP contribution is -2.36. The fourth-order valence-corrected chi connectivity index (χ4v) is 4.62. The zero-order valence-corrected chi connectivity index (χ0v) is 16.7. The summed E-state index contributed by atoms with van der Waals surface area (Å²) in [6, 6.07) is 8.32. The SMILES string of the molecule is CS(=O)(=O)c1ccc2nc(Nc3cc(C(=O)NC4CCNC4)ccn3)sc2c1. The normalized spacial score (nSPS) is 17.0. The number of pyridine rings is 1. The van der Waals surface area contributed by atoms with Crippen LogP contribution in [0.4, 0.5) is 10.9 Å². The van der Waals surface area contributed by atoms with Crippen LogP contribution in [0.2, 0.25) is 0 Å². The minimum absolute atomic E-state index is 0.138. The van der Waals surface area contributed by atoms with Gasteiger partial charge in [0.25, 0.3) is 5.91 Å². The third kappa shape index (κ3) is 4.13. The van der Waals surface area contributed by atoms with E-state index >= 15 is 0 Å². The Morgan fingerprint density at radius 2 is 2.14 bits per heavy atom. The number of carbonyl (C=O) groups is 1. The highest BCUT2D eigenvalue weighted by Gasteiger charge is 2.18. The minimum atomic E-state index is -3.27. The number of thiazole rings is 1. The van der Waals surface area contributed by atoms with Crippen LogP contribution in [0.15, 0.2) is 41.4 Å². The molecule has 2 aromatic heterocycles. The molecule has 10 heteroatoms. The summed E-state index contributed by atoms with van der Waals surface area (Å²) in [5, 5.41) is 9.89. The van der Waals surface area contributed by atoms with Gasteiger partial charge >= 0.3 is 0 Å². The number of amides is 1. The summed E-state index contributed by atoms with van der Waals surface area (Å²) in [7, 11) is -3.27. The third-order valence-corrected chi connectivity index (χ3v) is 6.48. The standard InChI is InChI=1S/C18H19N5O3S2/c1-28(25,26)13-2-3-14-15(9-13)27-18(22-14)23-16-8-11(4-7-20-16)17(24)21-12-5-6-19-10-12/h2-4,7-9,12,19H,5-6,10H2,1H3,(H,21,24)(H,20,22,23). The number of hydrogen-bond donors (Lipinski definition) is 3. The molecule has 0 spiro atoms. The van der Waals surface area contributed by atoms with Gasteiger partial charge < -0.3 is 16.0 Å². The number of nitrogens with zero attached hydrogens (tertiary/aromatic N) is 2. The second kappa shape index (κ2) is 7.46. The van der Waals surface area contributed by atoms with E-state index in [0.29, 0.717) is 22.0 Å². The molecule has 0 radical (unpaired) electrons. The Labute approximate surface area is 166 Å². The van der Waals surface area contributed by atoms with Crippen LogP contribution in [0.3, 0.4) is 0 Å². The smallest absolute Gasteiger partial charge is 0.251 e. The van der Waals surface area contributed by atoms with Crippen LogP contribution in [0.5, 0.6) is 0 Å². The van der Waals surface area contributed by atoms with Gasteiger partial charge in [0.15, 0.2) is 15.0 Å². The molecule has 1 aromatic carbocycles. The molecule has 0 aliphatic carbocycles. The number of fused-ring (bicyclic) bond motifs is 1. The molecule has 1 unspecified atom stereocenters. The molecule has 3 aromatic rings. The van der Waals surface area contributed by atoms with Crippen LogP contribution in [0.25, 0.3) is 10.2 Å². The van der Waals surface area contributed by atoms with Crippen molar-refractivity contribution in [3.05, 3.63) is 42.1 Å². The number of nitrogens with one attached hydrogen (secondary N) is 3. The number of hydrogen-bond acceptors (Lipinski definition) is 8. The predicted octanol–water partition coefficient (Wildman–Crippen LogP) is 1.93. The molecule has 8 nitrogen and oxygen atoms in total. The van der Waals surface area contributed by atoms with E-state index in [-0.39, 0.29) is 16.8 Å². The molecule has 1 aliphatic rings. The first-order valence-corrected chi connectivity index (χ1v) is 11.4. The fraction of sp³-hybridized carbons (Fsp3) is 0.278. The molecule has 1 fully saturated rings. The van der Waals surface area contributed by atoms with Crippen molar-refractivity contribution < 1.29 is 13.2 Å². The highest BCUT2D eigenvalue weighted by atomic mass is 32.2. The quantitative estimate of drug-likeness (QED) is 0.581. The van der Waals surface area contributed by atoms with Crippen LogP contribution in [-0.2, 0) is 9.84 Å². The zero-order valence-electron chi connectivity index (χ0n) is 15.1.